The second-order valence-electron chi connectivity index (χ2n) is 8.44. The summed E-state index contributed by atoms with van der Waals surface area (Å²) < 4.78 is 1.69. The highest BCUT2D eigenvalue weighted by Crippen LogP contribution is 2.39. The number of pyridine rings is 2. The van der Waals surface area contributed by atoms with Crippen LogP contribution in [0.15, 0.2) is 65.8 Å². The Bertz CT molecular complexity index is 1180. The first kappa shape index (κ1) is 20.5. The first-order valence-electron chi connectivity index (χ1n) is 11.1. The third-order valence-electron chi connectivity index (χ3n) is 6.51. The molecule has 1 aromatic carbocycles. The Balaban J connectivity index is 1.44. The average molecular weight is 431 g/mol. The lowest BCUT2D eigenvalue weighted by molar-refractivity contribution is 0.102. The van der Waals surface area contributed by atoms with Gasteiger partial charge in [0.25, 0.3) is 11.5 Å². The van der Waals surface area contributed by atoms with E-state index in [0.29, 0.717) is 5.69 Å². The molecule has 3 aromatic rings. The number of carbonyl (C=O) groups is 1. The van der Waals surface area contributed by atoms with Crippen LogP contribution in [0.1, 0.15) is 46.8 Å². The van der Waals surface area contributed by atoms with Crippen molar-refractivity contribution >= 4 is 17.3 Å². The fraction of sp³-hybridized carbons (Fsp3) is 0.320. The summed E-state index contributed by atoms with van der Waals surface area (Å²) in [6.45, 7) is 1.68. The Labute approximate surface area is 186 Å². The number of aliphatic hydroxyl groups excluding tert-OH is 1. The normalized spacial score (nSPS) is 18.4. The van der Waals surface area contributed by atoms with Gasteiger partial charge in [0.1, 0.15) is 5.56 Å². The van der Waals surface area contributed by atoms with Gasteiger partial charge in [-0.05, 0) is 67.1 Å². The van der Waals surface area contributed by atoms with E-state index in [1.807, 2.05) is 6.07 Å². The highest BCUT2D eigenvalue weighted by atomic mass is 16.3. The molecule has 0 saturated carbocycles. The highest BCUT2D eigenvalue weighted by Gasteiger charge is 2.30. The number of amides is 1. The van der Waals surface area contributed by atoms with Gasteiger partial charge in [-0.1, -0.05) is 12.1 Å². The van der Waals surface area contributed by atoms with E-state index in [1.54, 1.807) is 47.4 Å². The largest absolute Gasteiger partial charge is 0.393 e. The molecule has 164 valence electrons. The van der Waals surface area contributed by atoms with Crippen molar-refractivity contribution in [1.82, 2.24) is 9.55 Å². The van der Waals surface area contributed by atoms with Crippen LogP contribution in [0.3, 0.4) is 0 Å². The summed E-state index contributed by atoms with van der Waals surface area (Å²) in [5.41, 5.74) is 4.05. The number of benzene rings is 1. The lowest BCUT2D eigenvalue weighted by atomic mass is 10.0. The summed E-state index contributed by atoms with van der Waals surface area (Å²) in [7, 11) is 0. The maximum Gasteiger partial charge on any atom is 0.263 e. The van der Waals surface area contributed by atoms with Gasteiger partial charge in [0.2, 0.25) is 0 Å². The SMILES string of the molecule is O=C(Nc1ccncc1)c1cccn(C2CCc3c2cccc3N2CCC(O)CC2)c1=O. The maximum atomic E-state index is 13.3. The number of piperidine rings is 1. The van der Waals surface area contributed by atoms with Crippen molar-refractivity contribution in [1.29, 1.82) is 0 Å². The summed E-state index contributed by atoms with van der Waals surface area (Å²) in [5, 5.41) is 12.6. The number of rotatable bonds is 4. The standard InChI is InChI=1S/C25H26N4O3/c30-18-10-15-28(16-11-18)22-5-1-3-19-20(22)6-7-23(19)29-14-2-4-21(25(29)32)24(31)27-17-8-12-26-13-9-17/h1-5,8-9,12-14,18,23,30H,6-7,10-11,15-16H2,(H,26,27,31). The minimum absolute atomic E-state index is 0.0958. The summed E-state index contributed by atoms with van der Waals surface area (Å²) in [6.07, 6.45) is 8.00. The third kappa shape index (κ3) is 3.80. The molecule has 1 fully saturated rings. The molecule has 2 N–H and O–H groups in total. The van der Waals surface area contributed by atoms with Crippen molar-refractivity contribution in [2.45, 2.75) is 37.8 Å². The topological polar surface area (TPSA) is 87.5 Å². The highest BCUT2D eigenvalue weighted by molar-refractivity contribution is 6.03. The molecular formula is C25H26N4O3. The first-order valence-corrected chi connectivity index (χ1v) is 11.1. The zero-order chi connectivity index (χ0) is 22.1. The molecule has 5 rings (SSSR count). The second kappa shape index (κ2) is 8.59. The van der Waals surface area contributed by atoms with Crippen molar-refractivity contribution in [3.63, 3.8) is 0 Å². The molecule has 1 saturated heterocycles. The minimum atomic E-state index is -0.422. The second-order valence-corrected chi connectivity index (χ2v) is 8.44. The molecule has 3 heterocycles. The molecule has 2 aromatic heterocycles. The monoisotopic (exact) mass is 430 g/mol. The zero-order valence-electron chi connectivity index (χ0n) is 17.8. The van der Waals surface area contributed by atoms with Crippen LogP contribution >= 0.6 is 0 Å². The van der Waals surface area contributed by atoms with E-state index in [9.17, 15) is 14.7 Å². The molecule has 1 atom stereocenters. The maximum absolute atomic E-state index is 13.3. The molecule has 1 unspecified atom stereocenters. The Hall–Kier alpha value is -3.45. The number of anilines is 2. The number of aromatic nitrogens is 2. The number of aliphatic hydroxyl groups is 1. The Kier molecular flexibility index (Phi) is 5.49. The van der Waals surface area contributed by atoms with Gasteiger partial charge in [0.15, 0.2) is 0 Å². The van der Waals surface area contributed by atoms with E-state index in [-0.39, 0.29) is 23.3 Å². The van der Waals surface area contributed by atoms with Crippen molar-refractivity contribution in [3.05, 3.63) is 88.1 Å². The van der Waals surface area contributed by atoms with E-state index >= 15 is 0 Å². The molecule has 0 radical (unpaired) electrons. The van der Waals surface area contributed by atoms with Crippen LogP contribution in [-0.4, -0.2) is 39.8 Å². The van der Waals surface area contributed by atoms with E-state index in [0.717, 1.165) is 44.3 Å². The van der Waals surface area contributed by atoms with Gasteiger partial charge in [-0.25, -0.2) is 0 Å². The van der Waals surface area contributed by atoms with Gasteiger partial charge in [0.05, 0.1) is 12.1 Å². The van der Waals surface area contributed by atoms with Gasteiger partial charge in [-0.3, -0.25) is 14.6 Å². The summed E-state index contributed by atoms with van der Waals surface area (Å²) >= 11 is 0. The zero-order valence-corrected chi connectivity index (χ0v) is 17.8. The van der Waals surface area contributed by atoms with Crippen LogP contribution in [0.5, 0.6) is 0 Å². The summed E-state index contributed by atoms with van der Waals surface area (Å²) in [5.74, 6) is -0.422. The number of nitrogens with one attached hydrogen (secondary N) is 1. The smallest absolute Gasteiger partial charge is 0.263 e. The van der Waals surface area contributed by atoms with Crippen LogP contribution in [0.2, 0.25) is 0 Å². The molecule has 32 heavy (non-hydrogen) atoms. The lowest BCUT2D eigenvalue weighted by Gasteiger charge is -2.33. The predicted molar refractivity (Wildman–Crippen MR) is 123 cm³/mol. The van der Waals surface area contributed by atoms with Crippen LogP contribution in [0.4, 0.5) is 11.4 Å². The number of hydrogen-bond acceptors (Lipinski definition) is 5. The van der Waals surface area contributed by atoms with E-state index in [1.165, 1.54) is 11.3 Å². The first-order chi connectivity index (χ1) is 15.6. The Morgan fingerprint density at radius 3 is 2.59 bits per heavy atom. The minimum Gasteiger partial charge on any atom is -0.393 e. The van der Waals surface area contributed by atoms with Crippen molar-refractivity contribution in [2.75, 3.05) is 23.3 Å². The fourth-order valence-electron chi connectivity index (χ4n) is 4.87. The van der Waals surface area contributed by atoms with Gasteiger partial charge in [-0.2, -0.15) is 0 Å². The van der Waals surface area contributed by atoms with E-state index < -0.39 is 5.91 Å². The van der Waals surface area contributed by atoms with Gasteiger partial charge in [-0.15, -0.1) is 0 Å². The van der Waals surface area contributed by atoms with Gasteiger partial charge < -0.3 is 19.9 Å². The van der Waals surface area contributed by atoms with Gasteiger partial charge in [0, 0.05) is 43.1 Å². The number of carbonyl (C=O) groups excluding carboxylic acids is 1. The number of hydrogen-bond donors (Lipinski definition) is 2. The molecule has 2 aliphatic rings. The Morgan fingerprint density at radius 2 is 1.81 bits per heavy atom. The predicted octanol–water partition coefficient (Wildman–Crippen LogP) is 2.99. The van der Waals surface area contributed by atoms with Crippen molar-refractivity contribution in [3.8, 4) is 0 Å². The van der Waals surface area contributed by atoms with Crippen LogP contribution < -0.4 is 15.8 Å². The number of nitrogens with zero attached hydrogens (tertiary/aromatic N) is 3. The molecule has 7 nitrogen and oxygen atoms in total. The molecule has 1 aliphatic heterocycles. The van der Waals surface area contributed by atoms with Crippen molar-refractivity contribution in [2.24, 2.45) is 0 Å². The number of fused-ring (bicyclic) bond motifs is 1. The van der Waals surface area contributed by atoms with Crippen LogP contribution in [-0.2, 0) is 6.42 Å². The molecule has 1 amide bonds. The average Bonchev–Trinajstić information content (AvgIpc) is 3.24. The third-order valence-corrected chi connectivity index (χ3v) is 6.51. The van der Waals surface area contributed by atoms with Gasteiger partial charge >= 0.3 is 0 Å². The molecule has 7 heteroatoms. The molecule has 0 spiro atoms. The molecular weight excluding hydrogens is 404 g/mol. The van der Waals surface area contributed by atoms with E-state index in [4.69, 9.17) is 0 Å². The fourth-order valence-corrected chi connectivity index (χ4v) is 4.87. The Morgan fingerprint density at radius 1 is 1.03 bits per heavy atom. The molecule has 0 bridgehead atoms. The summed E-state index contributed by atoms with van der Waals surface area (Å²) in [4.78, 5) is 32.3. The quantitative estimate of drug-likeness (QED) is 0.665. The van der Waals surface area contributed by atoms with Crippen molar-refractivity contribution < 1.29 is 9.90 Å². The van der Waals surface area contributed by atoms with Crippen LogP contribution in [0, 0.1) is 0 Å². The molecule has 1 aliphatic carbocycles. The summed E-state index contributed by atoms with van der Waals surface area (Å²) in [6, 6.07) is 12.9. The van der Waals surface area contributed by atoms with E-state index in [2.05, 4.69) is 27.3 Å². The lowest BCUT2D eigenvalue weighted by Crippen LogP contribution is -2.36. The van der Waals surface area contributed by atoms with Crippen LogP contribution in [0.25, 0.3) is 0 Å².